The molecule has 0 spiro atoms. The zero-order chi connectivity index (χ0) is 23.5. The molecule has 3 heterocycles. The van der Waals surface area contributed by atoms with Crippen LogP contribution >= 0.6 is 0 Å². The second-order valence-electron chi connectivity index (χ2n) is 7.18. The summed E-state index contributed by atoms with van der Waals surface area (Å²) in [6.07, 6.45) is -2.67. The molecule has 2 aromatic heterocycles. The van der Waals surface area contributed by atoms with Crippen molar-refractivity contribution >= 4 is 34.6 Å². The number of aliphatic hydroxyl groups is 2. The summed E-state index contributed by atoms with van der Waals surface area (Å²) in [5, 5.41) is 28.5. The highest BCUT2D eigenvalue weighted by Crippen LogP contribution is 2.32. The first-order valence-electron chi connectivity index (χ1n) is 10.1. The quantitative estimate of drug-likeness (QED) is 0.347. The van der Waals surface area contributed by atoms with E-state index in [1.54, 1.807) is 38.3 Å². The van der Waals surface area contributed by atoms with Gasteiger partial charge in [-0.05, 0) is 31.2 Å². The molecule has 33 heavy (non-hydrogen) atoms. The van der Waals surface area contributed by atoms with Gasteiger partial charge in [0.05, 0.1) is 13.4 Å². The third kappa shape index (κ3) is 4.41. The van der Waals surface area contributed by atoms with Crippen LogP contribution in [0.3, 0.4) is 0 Å². The maximum atomic E-state index is 12.4. The van der Waals surface area contributed by atoms with Gasteiger partial charge in [-0.3, -0.25) is 14.7 Å². The van der Waals surface area contributed by atoms with E-state index in [-0.39, 0.29) is 17.0 Å². The summed E-state index contributed by atoms with van der Waals surface area (Å²) in [7, 11) is 1.55. The molecule has 1 aromatic carbocycles. The Hall–Kier alpha value is -3.81. The van der Waals surface area contributed by atoms with Crippen LogP contribution < -0.4 is 20.7 Å². The van der Waals surface area contributed by atoms with Gasteiger partial charge in [-0.2, -0.15) is 0 Å². The molecular formula is C20H23N7O6. The van der Waals surface area contributed by atoms with Crippen molar-refractivity contribution in [2.75, 3.05) is 24.3 Å². The molecule has 0 bridgehead atoms. The molecule has 0 saturated carbocycles. The average Bonchev–Trinajstić information content (AvgIpc) is 3.36. The Bertz CT molecular complexity index is 1150. The number of aliphatic hydroxyl groups excluding tert-OH is 2. The van der Waals surface area contributed by atoms with Crippen LogP contribution in [0.5, 0.6) is 5.75 Å². The third-order valence-electron chi connectivity index (χ3n) is 5.06. The predicted octanol–water partition coefficient (Wildman–Crippen LogP) is 0.234. The lowest BCUT2D eigenvalue weighted by molar-refractivity contribution is -0.137. The molecule has 0 aliphatic carbocycles. The number of nitrogens with one attached hydrogen (secondary N) is 3. The molecule has 1 saturated heterocycles. The van der Waals surface area contributed by atoms with E-state index in [0.717, 1.165) is 0 Å². The minimum absolute atomic E-state index is 0.123. The van der Waals surface area contributed by atoms with Gasteiger partial charge in [0.1, 0.15) is 24.3 Å². The van der Waals surface area contributed by atoms with Crippen molar-refractivity contribution in [1.82, 2.24) is 24.8 Å². The number of anilines is 2. The van der Waals surface area contributed by atoms with E-state index in [9.17, 15) is 19.8 Å². The first kappa shape index (κ1) is 22.4. The molecule has 1 aliphatic rings. The molecule has 1 aliphatic heterocycles. The van der Waals surface area contributed by atoms with Crippen molar-refractivity contribution in [1.29, 1.82) is 0 Å². The first-order valence-corrected chi connectivity index (χ1v) is 10.1. The van der Waals surface area contributed by atoms with Crippen LogP contribution in [0, 0.1) is 0 Å². The lowest BCUT2D eigenvalue weighted by Crippen LogP contribution is -2.42. The summed E-state index contributed by atoms with van der Waals surface area (Å²) >= 11 is 0. The van der Waals surface area contributed by atoms with Gasteiger partial charge in [0, 0.05) is 12.2 Å². The van der Waals surface area contributed by atoms with E-state index in [1.807, 2.05) is 0 Å². The van der Waals surface area contributed by atoms with E-state index in [1.165, 1.54) is 17.2 Å². The third-order valence-corrected chi connectivity index (χ3v) is 5.06. The number of hydrogen-bond donors (Lipinski definition) is 5. The van der Waals surface area contributed by atoms with E-state index in [2.05, 4.69) is 30.9 Å². The number of amides is 3. The minimum atomic E-state index is -1.44. The summed E-state index contributed by atoms with van der Waals surface area (Å²) in [6.45, 7) is 2.08. The Balaban J connectivity index is 1.53. The zero-order valence-electron chi connectivity index (χ0n) is 17.8. The lowest BCUT2D eigenvalue weighted by atomic mass is 10.1. The number of likely N-dealkylation sites (N-methyl/N-ethyl adjacent to an activating group) is 1. The van der Waals surface area contributed by atoms with Gasteiger partial charge in [0.25, 0.3) is 5.91 Å². The molecule has 4 atom stereocenters. The molecule has 3 aromatic rings. The summed E-state index contributed by atoms with van der Waals surface area (Å²) in [5.41, 5.74) is 1.00. The predicted molar refractivity (Wildman–Crippen MR) is 116 cm³/mol. The van der Waals surface area contributed by atoms with Crippen molar-refractivity contribution in [2.45, 2.75) is 31.5 Å². The van der Waals surface area contributed by atoms with Gasteiger partial charge >= 0.3 is 6.03 Å². The van der Waals surface area contributed by atoms with Crippen LogP contribution in [0.1, 0.15) is 13.2 Å². The number of carbonyl (C=O) groups excluding carboxylic acids is 2. The number of urea groups is 1. The second kappa shape index (κ2) is 9.36. The van der Waals surface area contributed by atoms with Crippen LogP contribution in [-0.2, 0) is 9.53 Å². The first-order chi connectivity index (χ1) is 15.9. The van der Waals surface area contributed by atoms with Crippen molar-refractivity contribution < 1.29 is 29.3 Å². The number of carbonyl (C=O) groups is 2. The zero-order valence-corrected chi connectivity index (χ0v) is 17.8. The number of methoxy groups -OCH3 is 1. The topological polar surface area (TPSA) is 173 Å². The van der Waals surface area contributed by atoms with Crippen LogP contribution in [0.4, 0.5) is 16.3 Å². The van der Waals surface area contributed by atoms with Gasteiger partial charge in [-0.25, -0.2) is 19.7 Å². The average molecular weight is 457 g/mol. The molecule has 1 fully saturated rings. The number of imidazole rings is 1. The normalized spacial score (nSPS) is 22.2. The van der Waals surface area contributed by atoms with E-state index in [0.29, 0.717) is 18.0 Å². The number of hydrogen-bond acceptors (Lipinski definition) is 9. The molecule has 3 amide bonds. The SMILES string of the molecule is CCNC(=O)[C@H]1O[C@H](n2cnc3c(NC(=O)Nc4ccc(OC)cc4)ncnc32)[C@H](O)[C@@H]1O. The van der Waals surface area contributed by atoms with Gasteiger partial charge in [-0.15, -0.1) is 0 Å². The monoisotopic (exact) mass is 457 g/mol. The van der Waals surface area contributed by atoms with E-state index < -0.39 is 36.5 Å². The molecule has 13 heteroatoms. The van der Waals surface area contributed by atoms with Gasteiger partial charge in [0.2, 0.25) is 0 Å². The fourth-order valence-corrected chi connectivity index (χ4v) is 3.45. The fraction of sp³-hybridized carbons (Fsp3) is 0.350. The maximum Gasteiger partial charge on any atom is 0.324 e. The lowest BCUT2D eigenvalue weighted by Gasteiger charge is -2.16. The highest BCUT2D eigenvalue weighted by atomic mass is 16.6. The second-order valence-corrected chi connectivity index (χ2v) is 7.18. The Morgan fingerprint density at radius 1 is 1.12 bits per heavy atom. The van der Waals surface area contributed by atoms with E-state index >= 15 is 0 Å². The van der Waals surface area contributed by atoms with Gasteiger partial charge in [0.15, 0.2) is 29.3 Å². The molecule has 5 N–H and O–H groups in total. The Morgan fingerprint density at radius 3 is 2.58 bits per heavy atom. The number of nitrogens with zero attached hydrogens (tertiary/aromatic N) is 4. The number of benzene rings is 1. The smallest absolute Gasteiger partial charge is 0.324 e. The van der Waals surface area contributed by atoms with Gasteiger partial charge < -0.3 is 30.3 Å². The molecule has 174 valence electrons. The maximum absolute atomic E-state index is 12.4. The van der Waals surface area contributed by atoms with Crippen molar-refractivity contribution in [2.24, 2.45) is 0 Å². The Morgan fingerprint density at radius 2 is 1.88 bits per heavy atom. The number of ether oxygens (including phenoxy) is 2. The summed E-state index contributed by atoms with van der Waals surface area (Å²) in [4.78, 5) is 37.0. The van der Waals surface area contributed by atoms with Crippen molar-refractivity contribution in [3.8, 4) is 5.75 Å². The highest BCUT2D eigenvalue weighted by Gasteiger charge is 2.47. The van der Waals surface area contributed by atoms with Crippen molar-refractivity contribution in [3.05, 3.63) is 36.9 Å². The minimum Gasteiger partial charge on any atom is -0.497 e. The number of fused-ring (bicyclic) bond motifs is 1. The highest BCUT2D eigenvalue weighted by molar-refractivity contribution is 6.02. The molecule has 13 nitrogen and oxygen atoms in total. The van der Waals surface area contributed by atoms with E-state index in [4.69, 9.17) is 9.47 Å². The van der Waals surface area contributed by atoms with Crippen LogP contribution in [0.15, 0.2) is 36.9 Å². The number of rotatable bonds is 6. The Kier molecular flexibility index (Phi) is 6.35. The fourth-order valence-electron chi connectivity index (χ4n) is 3.45. The van der Waals surface area contributed by atoms with Crippen LogP contribution in [0.2, 0.25) is 0 Å². The summed E-state index contributed by atoms with van der Waals surface area (Å²) in [5.74, 6) is 0.237. The molecule has 4 rings (SSSR count). The number of aromatic nitrogens is 4. The van der Waals surface area contributed by atoms with Gasteiger partial charge in [-0.1, -0.05) is 0 Å². The van der Waals surface area contributed by atoms with Crippen LogP contribution in [0.25, 0.3) is 11.2 Å². The molecular weight excluding hydrogens is 434 g/mol. The molecule has 0 unspecified atom stereocenters. The van der Waals surface area contributed by atoms with Crippen LogP contribution in [-0.4, -0.2) is 73.6 Å². The Labute approximate surface area is 187 Å². The molecule has 0 radical (unpaired) electrons. The van der Waals surface area contributed by atoms with Crippen molar-refractivity contribution in [3.63, 3.8) is 0 Å². The standard InChI is InChI=1S/C20H23N7O6/c1-3-21-18(30)15-13(28)14(29)19(33-15)27-9-24-12-16(22-8-23-17(12)27)26-20(31)25-10-4-6-11(32-2)7-5-10/h4-9,13-15,19,28-29H,3H2,1-2H3,(H,21,30)(H2,22,23,25,26,31)/t13-,14+,15-,19-/m0/s1. The largest absolute Gasteiger partial charge is 0.497 e. The summed E-state index contributed by atoms with van der Waals surface area (Å²) in [6, 6.07) is 6.21. The summed E-state index contributed by atoms with van der Waals surface area (Å²) < 4.78 is 12.1.